The van der Waals surface area contributed by atoms with E-state index in [4.69, 9.17) is 11.6 Å². The third kappa shape index (κ3) is 5.22. The van der Waals surface area contributed by atoms with Crippen LogP contribution in [0, 0.1) is 12.7 Å². The first-order chi connectivity index (χ1) is 13.2. The summed E-state index contributed by atoms with van der Waals surface area (Å²) in [5.74, 6) is 0.249. The van der Waals surface area contributed by atoms with E-state index in [0.29, 0.717) is 22.8 Å². The third-order valence-corrected chi connectivity index (χ3v) is 7.59. The van der Waals surface area contributed by atoms with Gasteiger partial charge in [0.1, 0.15) is 11.6 Å². The average Bonchev–Trinajstić information content (AvgIpc) is 3.03. The minimum Gasteiger partial charge on any atom is -0.253 e. The van der Waals surface area contributed by atoms with Gasteiger partial charge in [0.15, 0.2) is 0 Å². The molecule has 0 amide bonds. The average molecular weight is 458 g/mol. The van der Waals surface area contributed by atoms with E-state index in [2.05, 4.69) is 14.1 Å². The first-order valence-electron chi connectivity index (χ1n) is 8.27. The quantitative estimate of drug-likeness (QED) is 0.496. The summed E-state index contributed by atoms with van der Waals surface area (Å²) in [5.41, 5.74) is 0.474. The lowest BCUT2D eigenvalue weighted by atomic mass is 10.2. The molecule has 0 bridgehead atoms. The van der Waals surface area contributed by atoms with Crippen LogP contribution in [0.1, 0.15) is 18.3 Å². The zero-order valence-corrected chi connectivity index (χ0v) is 18.2. The summed E-state index contributed by atoms with van der Waals surface area (Å²) in [4.78, 5) is 5.19. The lowest BCUT2D eigenvalue weighted by molar-refractivity contribution is 0.600. The van der Waals surface area contributed by atoms with Crippen LogP contribution >= 0.6 is 34.9 Å². The van der Waals surface area contributed by atoms with Gasteiger partial charge >= 0.3 is 0 Å². The Kier molecular flexibility index (Phi) is 6.59. The Morgan fingerprint density at radius 1 is 1.29 bits per heavy atom. The summed E-state index contributed by atoms with van der Waals surface area (Å²) in [6.07, 6.45) is 0.523. The van der Waals surface area contributed by atoms with Crippen molar-refractivity contribution in [2.75, 3.05) is 4.72 Å². The smallest absolute Gasteiger partial charge is 0.253 e. The van der Waals surface area contributed by atoms with Crippen molar-refractivity contribution in [2.45, 2.75) is 35.3 Å². The molecule has 28 heavy (non-hydrogen) atoms. The van der Waals surface area contributed by atoms with Gasteiger partial charge in [-0.25, -0.2) is 17.8 Å². The molecular weight excluding hydrogens is 441 g/mol. The van der Waals surface area contributed by atoms with Gasteiger partial charge in [-0.3, -0.25) is 4.72 Å². The second kappa shape index (κ2) is 8.77. The van der Waals surface area contributed by atoms with Crippen LogP contribution in [0.4, 0.5) is 9.52 Å². The van der Waals surface area contributed by atoms with E-state index < -0.39 is 10.0 Å². The molecule has 0 spiro atoms. The van der Waals surface area contributed by atoms with Crippen molar-refractivity contribution in [3.05, 3.63) is 64.7 Å². The molecule has 1 N–H and O–H groups in total. The highest BCUT2D eigenvalue weighted by Crippen LogP contribution is 2.28. The van der Waals surface area contributed by atoms with Crippen LogP contribution in [0.2, 0.25) is 5.02 Å². The molecule has 0 aliphatic heterocycles. The molecule has 1 unspecified atom stereocenters. The van der Waals surface area contributed by atoms with Gasteiger partial charge in [0.25, 0.3) is 10.0 Å². The van der Waals surface area contributed by atoms with Gasteiger partial charge < -0.3 is 0 Å². The van der Waals surface area contributed by atoms with Crippen LogP contribution in [0.15, 0.2) is 52.3 Å². The van der Waals surface area contributed by atoms with Crippen molar-refractivity contribution < 1.29 is 12.8 Å². The molecule has 10 heteroatoms. The number of hydrogen-bond donors (Lipinski definition) is 1. The number of nitrogens with zero attached hydrogens (tertiary/aromatic N) is 2. The summed E-state index contributed by atoms with van der Waals surface area (Å²) < 4.78 is 45.2. The summed E-state index contributed by atoms with van der Waals surface area (Å²) in [7, 11) is -3.81. The number of hydrogen-bond acceptors (Lipinski definition) is 6. The van der Waals surface area contributed by atoms with E-state index in [9.17, 15) is 12.8 Å². The maximum atomic E-state index is 13.3. The molecule has 0 fully saturated rings. The van der Waals surface area contributed by atoms with E-state index in [1.54, 1.807) is 25.1 Å². The molecular formula is C18H17ClFN3O2S3. The predicted octanol–water partition coefficient (Wildman–Crippen LogP) is 5.16. The SMILES string of the molecule is Cc1c(Cl)cccc1S(=O)(=O)Nc1nc(CC(C)Sc2cccc(F)c2)ns1. The normalized spacial score (nSPS) is 12.7. The number of rotatable bonds is 7. The maximum Gasteiger partial charge on any atom is 0.264 e. The van der Waals surface area contributed by atoms with Crippen molar-refractivity contribution in [3.63, 3.8) is 0 Å². The molecule has 148 valence electrons. The molecule has 0 aliphatic rings. The summed E-state index contributed by atoms with van der Waals surface area (Å²) in [5, 5.41) is 0.664. The van der Waals surface area contributed by atoms with Crippen LogP contribution in [0.25, 0.3) is 0 Å². The van der Waals surface area contributed by atoms with Crippen molar-refractivity contribution >= 4 is 50.1 Å². The largest absolute Gasteiger partial charge is 0.264 e. The van der Waals surface area contributed by atoms with Crippen molar-refractivity contribution in [2.24, 2.45) is 0 Å². The Labute approximate surface area is 176 Å². The Morgan fingerprint density at radius 3 is 2.79 bits per heavy atom. The van der Waals surface area contributed by atoms with E-state index >= 15 is 0 Å². The fourth-order valence-corrected chi connectivity index (χ4v) is 5.85. The number of nitrogens with one attached hydrogen (secondary N) is 1. The first kappa shape index (κ1) is 21.0. The zero-order chi connectivity index (χ0) is 20.3. The lowest BCUT2D eigenvalue weighted by Crippen LogP contribution is -2.14. The fourth-order valence-electron chi connectivity index (χ4n) is 2.50. The summed E-state index contributed by atoms with van der Waals surface area (Å²) >= 11 is 8.50. The Balaban J connectivity index is 1.67. The molecule has 1 aromatic heterocycles. The Bertz CT molecular complexity index is 1090. The molecule has 0 aliphatic carbocycles. The molecule has 2 aromatic carbocycles. The predicted molar refractivity (Wildman–Crippen MR) is 112 cm³/mol. The minimum atomic E-state index is -3.81. The second-order valence-electron chi connectivity index (χ2n) is 6.07. The van der Waals surface area contributed by atoms with Crippen LogP contribution in [0.5, 0.6) is 0 Å². The van der Waals surface area contributed by atoms with E-state index in [-0.39, 0.29) is 21.1 Å². The maximum absolute atomic E-state index is 13.3. The van der Waals surface area contributed by atoms with E-state index in [1.165, 1.54) is 30.0 Å². The standard InChI is InChI=1S/C18H17ClFN3O2S3/c1-11(26-14-6-3-5-13(20)10-14)9-17-21-18(27-22-17)23-28(24,25)16-8-4-7-15(19)12(16)2/h3-8,10-11H,9H2,1-2H3,(H,21,22,23). The molecule has 3 rings (SSSR count). The van der Waals surface area contributed by atoms with Gasteiger partial charge in [0.05, 0.1) is 4.90 Å². The number of thioether (sulfide) groups is 1. The van der Waals surface area contributed by atoms with E-state index in [1.807, 2.05) is 13.0 Å². The minimum absolute atomic E-state index is 0.0935. The molecule has 1 atom stereocenters. The monoisotopic (exact) mass is 457 g/mol. The zero-order valence-electron chi connectivity index (χ0n) is 15.0. The lowest BCUT2D eigenvalue weighted by Gasteiger charge is -2.09. The third-order valence-electron chi connectivity index (χ3n) is 3.80. The van der Waals surface area contributed by atoms with Gasteiger partial charge in [-0.15, -0.1) is 11.8 Å². The first-order valence-corrected chi connectivity index (χ1v) is 11.8. The molecule has 3 aromatic rings. The summed E-state index contributed by atoms with van der Waals surface area (Å²) in [6, 6.07) is 11.1. The van der Waals surface area contributed by atoms with E-state index in [0.717, 1.165) is 16.4 Å². The number of anilines is 1. The number of halogens is 2. The highest BCUT2D eigenvalue weighted by molar-refractivity contribution is 8.00. The second-order valence-corrected chi connectivity index (χ2v) is 10.4. The topological polar surface area (TPSA) is 72.0 Å². The van der Waals surface area contributed by atoms with Crippen molar-refractivity contribution in [1.29, 1.82) is 0 Å². The highest BCUT2D eigenvalue weighted by Gasteiger charge is 2.20. The van der Waals surface area contributed by atoms with Crippen LogP contribution < -0.4 is 4.72 Å². The number of benzene rings is 2. The molecule has 0 saturated carbocycles. The highest BCUT2D eigenvalue weighted by atomic mass is 35.5. The fraction of sp³-hybridized carbons (Fsp3) is 0.222. The molecule has 0 radical (unpaired) electrons. The van der Waals surface area contributed by atoms with Gasteiger partial charge in [-0.1, -0.05) is 30.7 Å². The van der Waals surface area contributed by atoms with Gasteiger partial charge in [0, 0.05) is 33.1 Å². The number of aromatic nitrogens is 2. The molecule has 0 saturated heterocycles. The van der Waals surface area contributed by atoms with Crippen molar-refractivity contribution in [1.82, 2.24) is 9.36 Å². The van der Waals surface area contributed by atoms with Gasteiger partial charge in [-0.05, 0) is 42.8 Å². The van der Waals surface area contributed by atoms with Gasteiger partial charge in [0.2, 0.25) is 5.13 Å². The number of sulfonamides is 1. The molecule has 1 heterocycles. The van der Waals surface area contributed by atoms with Crippen LogP contribution in [0.3, 0.4) is 0 Å². The summed E-state index contributed by atoms with van der Waals surface area (Å²) in [6.45, 7) is 3.63. The Hall–Kier alpha value is -1.68. The van der Waals surface area contributed by atoms with Crippen LogP contribution in [-0.2, 0) is 16.4 Å². The van der Waals surface area contributed by atoms with Crippen LogP contribution in [-0.4, -0.2) is 23.0 Å². The Morgan fingerprint density at radius 2 is 2.04 bits per heavy atom. The van der Waals surface area contributed by atoms with Gasteiger partial charge in [-0.2, -0.15) is 4.37 Å². The van der Waals surface area contributed by atoms with Crippen molar-refractivity contribution in [3.8, 4) is 0 Å². The molecule has 5 nitrogen and oxygen atoms in total.